The van der Waals surface area contributed by atoms with Gasteiger partial charge in [-0.05, 0) is 47.7 Å². The largest absolute Gasteiger partial charge is 0.481 e. The summed E-state index contributed by atoms with van der Waals surface area (Å²) in [5.74, 6) is -0.797. The molecule has 0 spiro atoms. The van der Waals surface area contributed by atoms with E-state index in [9.17, 15) is 4.79 Å². The maximum absolute atomic E-state index is 11.1. The number of aliphatic carboxylic acids is 1. The first kappa shape index (κ1) is 17.4. The quantitative estimate of drug-likeness (QED) is 0.467. The number of benzene rings is 3. The molecule has 0 aliphatic carbocycles. The molecule has 0 fully saturated rings. The maximum atomic E-state index is 11.1. The fourth-order valence-corrected chi connectivity index (χ4v) is 3.57. The molecule has 0 amide bonds. The van der Waals surface area contributed by atoms with Gasteiger partial charge < -0.3 is 9.67 Å². The van der Waals surface area contributed by atoms with Crippen molar-refractivity contribution in [3.63, 3.8) is 0 Å². The minimum absolute atomic E-state index is 0.0921. The molecular weight excluding hydrogens is 358 g/mol. The SMILES string of the molecule is O=C(O)CCc1ccc(-c2ccc(Cl)cc2)n1-c1cccc2ccccc12. The molecule has 0 radical (unpaired) electrons. The van der Waals surface area contributed by atoms with Crippen molar-refractivity contribution in [1.29, 1.82) is 0 Å². The topological polar surface area (TPSA) is 42.2 Å². The number of halogens is 1. The van der Waals surface area contributed by atoms with Crippen molar-refractivity contribution in [3.8, 4) is 16.9 Å². The third kappa shape index (κ3) is 3.46. The van der Waals surface area contributed by atoms with E-state index in [0.29, 0.717) is 11.4 Å². The Morgan fingerprint density at radius 2 is 1.63 bits per heavy atom. The smallest absolute Gasteiger partial charge is 0.303 e. The summed E-state index contributed by atoms with van der Waals surface area (Å²) in [5, 5.41) is 12.1. The fourth-order valence-electron chi connectivity index (χ4n) is 3.44. The molecule has 0 bridgehead atoms. The molecule has 4 aromatic rings. The Labute approximate surface area is 162 Å². The molecule has 1 N–H and O–H groups in total. The van der Waals surface area contributed by atoms with Crippen LogP contribution in [0.15, 0.2) is 78.9 Å². The first-order valence-electron chi connectivity index (χ1n) is 8.80. The predicted molar refractivity (Wildman–Crippen MR) is 110 cm³/mol. The summed E-state index contributed by atoms with van der Waals surface area (Å²) >= 11 is 6.05. The lowest BCUT2D eigenvalue weighted by Crippen LogP contribution is -2.06. The Kier molecular flexibility index (Phi) is 4.69. The number of hydrogen-bond acceptors (Lipinski definition) is 1. The average molecular weight is 376 g/mol. The molecule has 0 unspecified atom stereocenters. The number of rotatable bonds is 5. The second kappa shape index (κ2) is 7.29. The molecule has 0 aliphatic rings. The Balaban J connectivity index is 1.94. The maximum Gasteiger partial charge on any atom is 0.303 e. The van der Waals surface area contributed by atoms with Gasteiger partial charge in [-0.15, -0.1) is 0 Å². The van der Waals surface area contributed by atoms with Gasteiger partial charge >= 0.3 is 5.97 Å². The van der Waals surface area contributed by atoms with Crippen LogP contribution in [0.5, 0.6) is 0 Å². The molecule has 3 aromatic carbocycles. The number of carboxylic acid groups (broad SMARTS) is 1. The molecule has 0 saturated heterocycles. The van der Waals surface area contributed by atoms with Gasteiger partial charge in [-0.25, -0.2) is 0 Å². The van der Waals surface area contributed by atoms with Crippen molar-refractivity contribution in [2.24, 2.45) is 0 Å². The third-order valence-electron chi connectivity index (χ3n) is 4.70. The molecule has 0 saturated carbocycles. The van der Waals surface area contributed by atoms with Crippen molar-refractivity contribution in [3.05, 3.63) is 89.6 Å². The van der Waals surface area contributed by atoms with Gasteiger partial charge in [0, 0.05) is 16.1 Å². The van der Waals surface area contributed by atoms with Crippen molar-refractivity contribution >= 4 is 28.3 Å². The van der Waals surface area contributed by atoms with E-state index < -0.39 is 5.97 Å². The van der Waals surface area contributed by atoms with Gasteiger partial charge in [-0.3, -0.25) is 4.79 Å². The first-order valence-corrected chi connectivity index (χ1v) is 9.18. The molecule has 4 rings (SSSR count). The minimum Gasteiger partial charge on any atom is -0.481 e. The third-order valence-corrected chi connectivity index (χ3v) is 4.96. The molecule has 0 aliphatic heterocycles. The van der Waals surface area contributed by atoms with Gasteiger partial charge in [-0.1, -0.05) is 60.1 Å². The lowest BCUT2D eigenvalue weighted by Gasteiger charge is -2.16. The van der Waals surface area contributed by atoms with E-state index in [2.05, 4.69) is 28.8 Å². The zero-order valence-corrected chi connectivity index (χ0v) is 15.4. The lowest BCUT2D eigenvalue weighted by atomic mass is 10.1. The normalized spacial score (nSPS) is 11.0. The highest BCUT2D eigenvalue weighted by Gasteiger charge is 2.15. The van der Waals surface area contributed by atoms with Crippen LogP contribution in [0.4, 0.5) is 0 Å². The van der Waals surface area contributed by atoms with E-state index in [1.54, 1.807) is 0 Å². The predicted octanol–water partition coefficient (Wildman–Crippen LogP) is 5.97. The lowest BCUT2D eigenvalue weighted by molar-refractivity contribution is -0.136. The van der Waals surface area contributed by atoms with Crippen molar-refractivity contribution in [2.45, 2.75) is 12.8 Å². The highest BCUT2D eigenvalue weighted by molar-refractivity contribution is 6.30. The van der Waals surface area contributed by atoms with E-state index in [1.165, 1.54) is 0 Å². The number of carbonyl (C=O) groups is 1. The van der Waals surface area contributed by atoms with E-state index in [-0.39, 0.29) is 6.42 Å². The Hall–Kier alpha value is -3.04. The van der Waals surface area contributed by atoms with Crippen molar-refractivity contribution < 1.29 is 9.90 Å². The van der Waals surface area contributed by atoms with E-state index in [0.717, 1.165) is 33.4 Å². The Morgan fingerprint density at radius 3 is 2.41 bits per heavy atom. The van der Waals surface area contributed by atoms with E-state index in [4.69, 9.17) is 16.7 Å². The molecule has 4 heteroatoms. The molecule has 3 nitrogen and oxygen atoms in total. The number of carboxylic acids is 1. The second-order valence-corrected chi connectivity index (χ2v) is 6.88. The van der Waals surface area contributed by atoms with Gasteiger partial charge in [0.15, 0.2) is 0 Å². The monoisotopic (exact) mass is 375 g/mol. The van der Waals surface area contributed by atoms with Crippen LogP contribution in [0.25, 0.3) is 27.7 Å². The number of aryl methyl sites for hydroxylation is 1. The molecule has 0 atom stereocenters. The summed E-state index contributed by atoms with van der Waals surface area (Å²) in [7, 11) is 0. The van der Waals surface area contributed by atoms with Crippen molar-refractivity contribution in [1.82, 2.24) is 4.57 Å². The highest BCUT2D eigenvalue weighted by Crippen LogP contribution is 2.32. The number of hydrogen-bond donors (Lipinski definition) is 1. The van der Waals surface area contributed by atoms with Crippen LogP contribution in [0.2, 0.25) is 5.02 Å². The Bertz CT molecular complexity index is 1110. The number of nitrogens with zero attached hydrogens (tertiary/aromatic N) is 1. The molecule has 27 heavy (non-hydrogen) atoms. The zero-order chi connectivity index (χ0) is 18.8. The molecule has 1 heterocycles. The van der Waals surface area contributed by atoms with Gasteiger partial charge in [0.05, 0.1) is 17.8 Å². The number of aromatic nitrogens is 1. The standard InChI is InChI=1S/C23H18ClNO2/c24-18-10-8-17(9-11-18)21-14-12-19(13-15-23(26)27)25(21)22-7-3-5-16-4-1-2-6-20(16)22/h1-12,14H,13,15H2,(H,26,27). The van der Waals surface area contributed by atoms with Crippen molar-refractivity contribution in [2.75, 3.05) is 0 Å². The minimum atomic E-state index is -0.797. The summed E-state index contributed by atoms with van der Waals surface area (Å²) in [5.41, 5.74) is 4.07. The van der Waals surface area contributed by atoms with Gasteiger partial charge in [-0.2, -0.15) is 0 Å². The van der Waals surface area contributed by atoms with Crippen LogP contribution >= 0.6 is 11.6 Å². The van der Waals surface area contributed by atoms with Crippen LogP contribution in [0, 0.1) is 0 Å². The summed E-state index contributed by atoms with van der Waals surface area (Å²) < 4.78 is 2.16. The summed E-state index contributed by atoms with van der Waals surface area (Å²) in [6.07, 6.45) is 0.557. The second-order valence-electron chi connectivity index (χ2n) is 6.44. The van der Waals surface area contributed by atoms with Crippen LogP contribution < -0.4 is 0 Å². The summed E-state index contributed by atoms with van der Waals surface area (Å²) in [4.78, 5) is 11.1. The zero-order valence-electron chi connectivity index (χ0n) is 14.6. The van der Waals surface area contributed by atoms with Crippen LogP contribution in [0.3, 0.4) is 0 Å². The van der Waals surface area contributed by atoms with Crippen LogP contribution in [0.1, 0.15) is 12.1 Å². The van der Waals surface area contributed by atoms with Gasteiger partial charge in [0.1, 0.15) is 0 Å². The van der Waals surface area contributed by atoms with Gasteiger partial charge in [0.2, 0.25) is 0 Å². The van der Waals surface area contributed by atoms with E-state index in [1.807, 2.05) is 54.6 Å². The van der Waals surface area contributed by atoms with Crippen LogP contribution in [-0.2, 0) is 11.2 Å². The highest BCUT2D eigenvalue weighted by atomic mass is 35.5. The first-order chi connectivity index (χ1) is 13.1. The van der Waals surface area contributed by atoms with Gasteiger partial charge in [0.25, 0.3) is 0 Å². The average Bonchev–Trinajstić information content (AvgIpc) is 3.10. The molecule has 1 aromatic heterocycles. The molecule has 134 valence electrons. The fraction of sp³-hybridized carbons (Fsp3) is 0.0870. The Morgan fingerprint density at radius 1 is 0.889 bits per heavy atom. The summed E-state index contributed by atoms with van der Waals surface area (Å²) in [6.45, 7) is 0. The van der Waals surface area contributed by atoms with E-state index >= 15 is 0 Å². The van der Waals surface area contributed by atoms with Crippen LogP contribution in [-0.4, -0.2) is 15.6 Å². The number of fused-ring (bicyclic) bond motifs is 1. The summed E-state index contributed by atoms with van der Waals surface area (Å²) in [6, 6.07) is 26.2. The molecular formula is C23H18ClNO2.